The van der Waals surface area contributed by atoms with Crippen LogP contribution in [0.5, 0.6) is 0 Å². The van der Waals surface area contributed by atoms with Gasteiger partial charge in [-0.2, -0.15) is 0 Å². The highest BCUT2D eigenvalue weighted by Crippen LogP contribution is 2.25. The average molecular weight is 303 g/mol. The van der Waals surface area contributed by atoms with E-state index >= 15 is 0 Å². The second-order valence-electron chi connectivity index (χ2n) is 4.73. The SMILES string of the molecule is CC[C@@H](C)[C@H](C)NCC(=O)Nc1cc(Cl)ccc1Cl. The zero-order valence-corrected chi connectivity index (χ0v) is 13.0. The maximum atomic E-state index is 11.8. The van der Waals surface area contributed by atoms with Gasteiger partial charge in [0.25, 0.3) is 0 Å². The van der Waals surface area contributed by atoms with Crippen LogP contribution in [0.3, 0.4) is 0 Å². The van der Waals surface area contributed by atoms with Crippen LogP contribution in [0.1, 0.15) is 27.2 Å². The quantitative estimate of drug-likeness (QED) is 0.835. The summed E-state index contributed by atoms with van der Waals surface area (Å²) in [4.78, 5) is 11.8. The number of anilines is 1. The van der Waals surface area contributed by atoms with Gasteiger partial charge < -0.3 is 10.6 Å². The molecule has 1 aromatic carbocycles. The molecule has 1 amide bonds. The van der Waals surface area contributed by atoms with E-state index in [1.165, 1.54) is 0 Å². The van der Waals surface area contributed by atoms with E-state index in [1.807, 2.05) is 0 Å². The van der Waals surface area contributed by atoms with Gasteiger partial charge in [-0.25, -0.2) is 0 Å². The van der Waals surface area contributed by atoms with Crippen LogP contribution in [-0.2, 0) is 4.79 Å². The first kappa shape index (κ1) is 16.3. The van der Waals surface area contributed by atoms with Gasteiger partial charge in [0.1, 0.15) is 0 Å². The number of amides is 1. The molecule has 1 aromatic rings. The van der Waals surface area contributed by atoms with E-state index in [9.17, 15) is 4.79 Å². The molecule has 0 saturated heterocycles. The molecule has 0 heterocycles. The smallest absolute Gasteiger partial charge is 0.238 e. The number of carbonyl (C=O) groups excluding carboxylic acids is 1. The van der Waals surface area contributed by atoms with Gasteiger partial charge in [-0.05, 0) is 31.0 Å². The Balaban J connectivity index is 2.49. The Morgan fingerprint density at radius 2 is 2.00 bits per heavy atom. The molecule has 19 heavy (non-hydrogen) atoms. The van der Waals surface area contributed by atoms with Crippen LogP contribution >= 0.6 is 23.2 Å². The summed E-state index contributed by atoms with van der Waals surface area (Å²) in [6.07, 6.45) is 1.08. The monoisotopic (exact) mass is 302 g/mol. The largest absolute Gasteiger partial charge is 0.324 e. The normalized spacial score (nSPS) is 13.9. The molecule has 2 atom stereocenters. The van der Waals surface area contributed by atoms with E-state index in [0.29, 0.717) is 27.7 Å². The second-order valence-corrected chi connectivity index (χ2v) is 5.57. The fourth-order valence-corrected chi connectivity index (χ4v) is 1.93. The number of rotatable bonds is 6. The highest BCUT2D eigenvalue weighted by molar-refractivity contribution is 6.35. The molecule has 1 rings (SSSR count). The molecule has 106 valence electrons. The van der Waals surface area contributed by atoms with Crippen LogP contribution in [0.15, 0.2) is 18.2 Å². The number of hydrogen-bond donors (Lipinski definition) is 2. The lowest BCUT2D eigenvalue weighted by molar-refractivity contribution is -0.115. The molecule has 0 radical (unpaired) electrons. The molecule has 0 aliphatic rings. The maximum Gasteiger partial charge on any atom is 0.238 e. The van der Waals surface area contributed by atoms with Gasteiger partial charge in [-0.15, -0.1) is 0 Å². The third-order valence-electron chi connectivity index (χ3n) is 3.28. The molecular weight excluding hydrogens is 283 g/mol. The van der Waals surface area contributed by atoms with Crippen molar-refractivity contribution < 1.29 is 4.79 Å². The van der Waals surface area contributed by atoms with Crippen molar-refractivity contribution in [1.82, 2.24) is 5.32 Å². The number of hydrogen-bond acceptors (Lipinski definition) is 2. The van der Waals surface area contributed by atoms with E-state index in [-0.39, 0.29) is 12.5 Å². The number of halogens is 2. The summed E-state index contributed by atoms with van der Waals surface area (Å²) in [5.41, 5.74) is 0.539. The minimum atomic E-state index is -0.126. The molecule has 0 bridgehead atoms. The molecule has 0 aliphatic heterocycles. The predicted octanol–water partition coefficient (Wildman–Crippen LogP) is 3.96. The Kier molecular flexibility index (Phi) is 6.63. The third-order valence-corrected chi connectivity index (χ3v) is 3.85. The van der Waals surface area contributed by atoms with Crippen molar-refractivity contribution in [3.8, 4) is 0 Å². The standard InChI is InChI=1S/C14H20Cl2N2O/c1-4-9(2)10(3)17-8-14(19)18-13-7-11(15)5-6-12(13)16/h5-7,9-10,17H,4,8H2,1-3H3,(H,18,19)/t9-,10+/m1/s1. The third kappa shape index (κ3) is 5.39. The molecule has 0 unspecified atom stereocenters. The van der Waals surface area contributed by atoms with Crippen molar-refractivity contribution in [3.63, 3.8) is 0 Å². The molecule has 0 aliphatic carbocycles. The molecule has 0 aromatic heterocycles. The fourth-order valence-electron chi connectivity index (χ4n) is 1.60. The summed E-state index contributed by atoms with van der Waals surface area (Å²) >= 11 is 11.8. The average Bonchev–Trinajstić information content (AvgIpc) is 2.39. The Labute approximate surface area is 124 Å². The summed E-state index contributed by atoms with van der Waals surface area (Å²) in [6, 6.07) is 5.28. The van der Waals surface area contributed by atoms with Gasteiger partial charge in [0, 0.05) is 11.1 Å². The Morgan fingerprint density at radius 1 is 1.32 bits per heavy atom. The van der Waals surface area contributed by atoms with Crippen LogP contribution in [0.25, 0.3) is 0 Å². The summed E-state index contributed by atoms with van der Waals surface area (Å²) in [5, 5.41) is 6.97. The van der Waals surface area contributed by atoms with Gasteiger partial charge in [0.15, 0.2) is 0 Å². The molecule has 0 spiro atoms. The van der Waals surface area contributed by atoms with Crippen molar-refractivity contribution in [3.05, 3.63) is 28.2 Å². The van der Waals surface area contributed by atoms with Crippen LogP contribution in [0, 0.1) is 5.92 Å². The molecular formula is C14H20Cl2N2O. The van der Waals surface area contributed by atoms with Crippen molar-refractivity contribution in [2.45, 2.75) is 33.2 Å². The zero-order valence-electron chi connectivity index (χ0n) is 11.5. The van der Waals surface area contributed by atoms with Crippen LogP contribution in [-0.4, -0.2) is 18.5 Å². The molecule has 0 fully saturated rings. The minimum absolute atomic E-state index is 0.126. The van der Waals surface area contributed by atoms with Crippen LogP contribution in [0.2, 0.25) is 10.0 Å². The van der Waals surface area contributed by atoms with Crippen LogP contribution < -0.4 is 10.6 Å². The topological polar surface area (TPSA) is 41.1 Å². The minimum Gasteiger partial charge on any atom is -0.324 e. The first-order chi connectivity index (χ1) is 8.93. The van der Waals surface area contributed by atoms with Crippen molar-refractivity contribution in [2.24, 2.45) is 5.92 Å². The van der Waals surface area contributed by atoms with Gasteiger partial charge in [-0.1, -0.05) is 43.5 Å². The van der Waals surface area contributed by atoms with Gasteiger partial charge in [0.05, 0.1) is 17.3 Å². The summed E-state index contributed by atoms with van der Waals surface area (Å²) in [5.74, 6) is 0.405. The lowest BCUT2D eigenvalue weighted by atomic mass is 10.0. The number of carbonyl (C=O) groups is 1. The van der Waals surface area contributed by atoms with E-state index < -0.39 is 0 Å². The van der Waals surface area contributed by atoms with E-state index in [0.717, 1.165) is 6.42 Å². The summed E-state index contributed by atoms with van der Waals surface area (Å²) in [6.45, 7) is 6.63. The Bertz CT molecular complexity index is 437. The van der Waals surface area contributed by atoms with Crippen molar-refractivity contribution in [1.29, 1.82) is 0 Å². The van der Waals surface area contributed by atoms with Crippen molar-refractivity contribution in [2.75, 3.05) is 11.9 Å². The lowest BCUT2D eigenvalue weighted by Crippen LogP contribution is -2.37. The molecule has 2 N–H and O–H groups in total. The highest BCUT2D eigenvalue weighted by Gasteiger charge is 2.12. The first-order valence-electron chi connectivity index (χ1n) is 6.42. The van der Waals surface area contributed by atoms with E-state index in [1.54, 1.807) is 18.2 Å². The lowest BCUT2D eigenvalue weighted by Gasteiger charge is -2.19. The van der Waals surface area contributed by atoms with Gasteiger partial charge >= 0.3 is 0 Å². The van der Waals surface area contributed by atoms with Crippen molar-refractivity contribution >= 4 is 34.8 Å². The highest BCUT2D eigenvalue weighted by atomic mass is 35.5. The predicted molar refractivity (Wildman–Crippen MR) is 82.0 cm³/mol. The molecule has 5 heteroatoms. The molecule has 3 nitrogen and oxygen atoms in total. The maximum absolute atomic E-state index is 11.8. The van der Waals surface area contributed by atoms with Gasteiger partial charge in [-0.3, -0.25) is 4.79 Å². The van der Waals surface area contributed by atoms with Gasteiger partial charge in [0.2, 0.25) is 5.91 Å². The molecule has 0 saturated carbocycles. The number of benzene rings is 1. The second kappa shape index (κ2) is 7.73. The Hall–Kier alpha value is -0.770. The fraction of sp³-hybridized carbons (Fsp3) is 0.500. The number of nitrogens with one attached hydrogen (secondary N) is 2. The zero-order chi connectivity index (χ0) is 14.4. The summed E-state index contributed by atoms with van der Waals surface area (Å²) < 4.78 is 0. The first-order valence-corrected chi connectivity index (χ1v) is 7.18. The van der Waals surface area contributed by atoms with E-state index in [2.05, 4.69) is 31.4 Å². The summed E-state index contributed by atoms with van der Waals surface area (Å²) in [7, 11) is 0. The Morgan fingerprint density at radius 3 is 2.63 bits per heavy atom. The van der Waals surface area contributed by atoms with Crippen LogP contribution in [0.4, 0.5) is 5.69 Å². The van der Waals surface area contributed by atoms with E-state index in [4.69, 9.17) is 23.2 Å².